The van der Waals surface area contributed by atoms with Crippen LogP contribution in [0.1, 0.15) is 12.8 Å². The van der Waals surface area contributed by atoms with Gasteiger partial charge in [-0.15, -0.1) is 0 Å². The van der Waals surface area contributed by atoms with Crippen molar-refractivity contribution < 1.29 is 47.9 Å². The summed E-state index contributed by atoms with van der Waals surface area (Å²) in [7, 11) is 1.63. The fraction of sp³-hybridized carbons (Fsp3) is 0.882. The lowest BCUT2D eigenvalue weighted by molar-refractivity contribution is -0.149. The maximum atomic E-state index is 11.1. The Kier molecular flexibility index (Phi) is 20.0. The van der Waals surface area contributed by atoms with Crippen molar-refractivity contribution in [2.24, 2.45) is 0 Å². The summed E-state index contributed by atoms with van der Waals surface area (Å²) in [6, 6.07) is 0. The van der Waals surface area contributed by atoms with E-state index in [9.17, 15) is 9.59 Å². The van der Waals surface area contributed by atoms with Gasteiger partial charge in [0.15, 0.2) is 0 Å². The molecule has 0 radical (unpaired) electrons. The number of carboxylic acid groups (broad SMARTS) is 1. The normalized spacial score (nSPS) is 10.9. The van der Waals surface area contributed by atoms with Crippen LogP contribution in [0.4, 0.5) is 0 Å². The Morgan fingerprint density at radius 3 is 1.33 bits per heavy atom. The number of carboxylic acids is 1. The summed E-state index contributed by atoms with van der Waals surface area (Å²) >= 11 is 0. The van der Waals surface area contributed by atoms with Crippen molar-refractivity contribution in [3.8, 4) is 0 Å². The molecule has 0 saturated heterocycles. The van der Waals surface area contributed by atoms with Gasteiger partial charge < -0.3 is 38.3 Å². The number of ether oxygens (including phenoxy) is 7. The number of hydrogen-bond donors (Lipinski definition) is 1. The first-order valence-corrected chi connectivity index (χ1v) is 8.92. The number of methoxy groups -OCH3 is 1. The number of aliphatic carboxylic acids is 1. The third kappa shape index (κ3) is 22.7. The van der Waals surface area contributed by atoms with Crippen LogP contribution in [0.3, 0.4) is 0 Å². The molecule has 0 atom stereocenters. The second-order valence-corrected chi connectivity index (χ2v) is 5.17. The third-order valence-corrected chi connectivity index (χ3v) is 2.95. The van der Waals surface area contributed by atoms with Gasteiger partial charge in [-0.25, -0.2) is 0 Å². The molecule has 160 valence electrons. The highest BCUT2D eigenvalue weighted by molar-refractivity contribution is 5.76. The number of rotatable bonds is 21. The molecule has 0 aromatic carbocycles. The van der Waals surface area contributed by atoms with Gasteiger partial charge in [-0.05, 0) is 0 Å². The van der Waals surface area contributed by atoms with Crippen LogP contribution >= 0.6 is 0 Å². The third-order valence-electron chi connectivity index (χ3n) is 2.95. The van der Waals surface area contributed by atoms with E-state index in [1.807, 2.05) is 0 Å². The highest BCUT2D eigenvalue weighted by atomic mass is 16.6. The quantitative estimate of drug-likeness (QED) is 0.212. The molecule has 0 spiro atoms. The zero-order chi connectivity index (χ0) is 20.0. The van der Waals surface area contributed by atoms with Crippen LogP contribution in [-0.4, -0.2) is 103 Å². The van der Waals surface area contributed by atoms with E-state index in [2.05, 4.69) is 0 Å². The highest BCUT2D eigenvalue weighted by Gasteiger charge is 2.05. The standard InChI is InChI=1S/C17H32O10/c1-21-4-5-22-6-7-23-8-9-24-10-11-25-12-13-26-14-15-27-17(20)3-2-16(18)19/h2-15H2,1H3,(H,18,19). The molecule has 0 aliphatic heterocycles. The van der Waals surface area contributed by atoms with Crippen LogP contribution in [0.15, 0.2) is 0 Å². The van der Waals surface area contributed by atoms with Gasteiger partial charge in [0.2, 0.25) is 0 Å². The summed E-state index contributed by atoms with van der Waals surface area (Å²) < 4.78 is 36.1. The van der Waals surface area contributed by atoms with Crippen molar-refractivity contribution in [2.45, 2.75) is 12.8 Å². The number of carbonyl (C=O) groups is 2. The Bertz CT molecular complexity index is 351. The van der Waals surface area contributed by atoms with Crippen molar-refractivity contribution in [2.75, 3.05) is 86.4 Å². The Morgan fingerprint density at radius 1 is 0.593 bits per heavy atom. The average molecular weight is 396 g/mol. The second kappa shape index (κ2) is 21.0. The average Bonchev–Trinajstić information content (AvgIpc) is 2.65. The van der Waals surface area contributed by atoms with Crippen molar-refractivity contribution in [1.29, 1.82) is 0 Å². The molecule has 0 fully saturated rings. The lowest BCUT2D eigenvalue weighted by Gasteiger charge is -2.08. The molecule has 0 bridgehead atoms. The summed E-state index contributed by atoms with van der Waals surface area (Å²) in [5.41, 5.74) is 0. The lowest BCUT2D eigenvalue weighted by Crippen LogP contribution is -2.15. The first kappa shape index (κ1) is 25.7. The molecule has 10 nitrogen and oxygen atoms in total. The summed E-state index contributed by atoms with van der Waals surface area (Å²) in [5.74, 6) is -1.57. The van der Waals surface area contributed by atoms with Crippen LogP contribution in [-0.2, 0) is 42.7 Å². The molecule has 10 heteroatoms. The van der Waals surface area contributed by atoms with Gasteiger partial charge in [0.05, 0.1) is 85.5 Å². The molecule has 0 aromatic heterocycles. The number of hydrogen-bond acceptors (Lipinski definition) is 9. The van der Waals surface area contributed by atoms with E-state index in [1.54, 1.807) is 7.11 Å². The van der Waals surface area contributed by atoms with E-state index in [-0.39, 0.29) is 26.1 Å². The molecular weight excluding hydrogens is 364 g/mol. The predicted octanol–water partition coefficient (Wildman–Crippen LogP) is 0.124. The molecule has 0 saturated carbocycles. The predicted molar refractivity (Wildman–Crippen MR) is 93.8 cm³/mol. The van der Waals surface area contributed by atoms with Gasteiger partial charge in [0.1, 0.15) is 6.61 Å². The second-order valence-electron chi connectivity index (χ2n) is 5.17. The smallest absolute Gasteiger partial charge is 0.306 e. The summed E-state index contributed by atoms with van der Waals surface area (Å²) in [6.45, 7) is 5.24. The number of esters is 1. The van der Waals surface area contributed by atoms with Gasteiger partial charge in [-0.1, -0.05) is 0 Å². The van der Waals surface area contributed by atoms with Crippen molar-refractivity contribution in [1.82, 2.24) is 0 Å². The van der Waals surface area contributed by atoms with E-state index < -0.39 is 11.9 Å². The maximum Gasteiger partial charge on any atom is 0.306 e. The van der Waals surface area contributed by atoms with E-state index in [1.165, 1.54) is 0 Å². The zero-order valence-electron chi connectivity index (χ0n) is 16.0. The molecule has 1 N–H and O–H groups in total. The monoisotopic (exact) mass is 396 g/mol. The first-order chi connectivity index (χ1) is 13.2. The van der Waals surface area contributed by atoms with Gasteiger partial charge >= 0.3 is 11.9 Å². The Morgan fingerprint density at radius 2 is 0.963 bits per heavy atom. The maximum absolute atomic E-state index is 11.1. The molecule has 0 amide bonds. The Labute approximate surface area is 159 Å². The highest BCUT2D eigenvalue weighted by Crippen LogP contribution is 1.93. The van der Waals surface area contributed by atoms with Gasteiger partial charge in [0, 0.05) is 7.11 Å². The molecule has 0 aromatic rings. The zero-order valence-corrected chi connectivity index (χ0v) is 16.0. The summed E-state index contributed by atoms with van der Waals surface area (Å²) in [6.07, 6.45) is -0.364. The minimum absolute atomic E-state index is 0.0962. The minimum atomic E-state index is -1.03. The van der Waals surface area contributed by atoms with Gasteiger partial charge in [-0.3, -0.25) is 9.59 Å². The lowest BCUT2D eigenvalue weighted by atomic mass is 10.3. The van der Waals surface area contributed by atoms with Crippen LogP contribution < -0.4 is 0 Å². The fourth-order valence-corrected chi connectivity index (χ4v) is 1.62. The van der Waals surface area contributed by atoms with E-state index in [0.29, 0.717) is 66.1 Å². The molecule has 27 heavy (non-hydrogen) atoms. The van der Waals surface area contributed by atoms with E-state index in [4.69, 9.17) is 38.3 Å². The van der Waals surface area contributed by atoms with Crippen LogP contribution in [0.5, 0.6) is 0 Å². The SMILES string of the molecule is COCCOCCOCCOCCOCCOCCOC(=O)CCC(=O)O. The van der Waals surface area contributed by atoms with Crippen LogP contribution in [0, 0.1) is 0 Å². The first-order valence-electron chi connectivity index (χ1n) is 8.92. The summed E-state index contributed by atoms with van der Waals surface area (Å²) in [5, 5.41) is 8.42. The minimum Gasteiger partial charge on any atom is -0.481 e. The molecule has 0 heterocycles. The van der Waals surface area contributed by atoms with Crippen LogP contribution in [0.2, 0.25) is 0 Å². The largest absolute Gasteiger partial charge is 0.481 e. The topological polar surface area (TPSA) is 119 Å². The molecule has 0 rings (SSSR count). The molecule has 0 unspecified atom stereocenters. The Hall–Kier alpha value is -1.30. The van der Waals surface area contributed by atoms with Crippen molar-refractivity contribution in [3.63, 3.8) is 0 Å². The number of carbonyl (C=O) groups excluding carboxylic acids is 1. The molecule has 0 aliphatic carbocycles. The van der Waals surface area contributed by atoms with E-state index >= 15 is 0 Å². The van der Waals surface area contributed by atoms with Gasteiger partial charge in [0.25, 0.3) is 0 Å². The van der Waals surface area contributed by atoms with Crippen molar-refractivity contribution >= 4 is 11.9 Å². The van der Waals surface area contributed by atoms with Crippen molar-refractivity contribution in [3.05, 3.63) is 0 Å². The molecular formula is C17H32O10. The van der Waals surface area contributed by atoms with E-state index in [0.717, 1.165) is 0 Å². The van der Waals surface area contributed by atoms with Gasteiger partial charge in [-0.2, -0.15) is 0 Å². The fourth-order valence-electron chi connectivity index (χ4n) is 1.62. The van der Waals surface area contributed by atoms with Crippen LogP contribution in [0.25, 0.3) is 0 Å². The molecule has 0 aliphatic rings. The Balaban J connectivity index is 3.09. The summed E-state index contributed by atoms with van der Waals surface area (Å²) in [4.78, 5) is 21.4.